The molecule has 0 spiro atoms. The minimum absolute atomic E-state index is 0.0608. The molecule has 1 amide bonds. The van der Waals surface area contributed by atoms with E-state index in [9.17, 15) is 4.79 Å². The molecule has 0 radical (unpaired) electrons. The molecule has 4 nitrogen and oxygen atoms in total. The lowest BCUT2D eigenvalue weighted by Gasteiger charge is -2.16. The van der Waals surface area contributed by atoms with Crippen LogP contribution in [0.2, 0.25) is 0 Å². The van der Waals surface area contributed by atoms with Gasteiger partial charge in [-0.2, -0.15) is 0 Å². The summed E-state index contributed by atoms with van der Waals surface area (Å²) in [5.41, 5.74) is 5.41. The fourth-order valence-electron chi connectivity index (χ4n) is 1.01. The van der Waals surface area contributed by atoms with Crippen LogP contribution in [-0.2, 0) is 4.74 Å². The third-order valence-electron chi connectivity index (χ3n) is 1.82. The molecule has 12 heavy (non-hydrogen) atoms. The van der Waals surface area contributed by atoms with Crippen LogP contribution in [0.1, 0.15) is 6.92 Å². The van der Waals surface area contributed by atoms with E-state index in [4.69, 9.17) is 22.7 Å². The number of thiocarbonyl (C=S) groups is 1. The maximum Gasteiger partial charge on any atom is 0.409 e. The number of nitrogens with zero attached hydrogens (tertiary/aromatic N) is 1. The number of hydrogen-bond acceptors (Lipinski definition) is 3. The smallest absolute Gasteiger partial charge is 0.409 e. The number of cyclic esters (lactones) is 1. The largest absolute Gasteiger partial charge is 0.448 e. The first kappa shape index (κ1) is 9.25. The Bertz CT molecular complexity index is 208. The van der Waals surface area contributed by atoms with Gasteiger partial charge in [0.25, 0.3) is 0 Å². The Morgan fingerprint density at radius 3 is 3.00 bits per heavy atom. The van der Waals surface area contributed by atoms with E-state index in [1.807, 2.05) is 6.92 Å². The standard InChI is InChI=1S/C7H12N2O2S/c1-5(6(8)12)4-9-2-3-11-7(9)10/h5H,2-4H2,1H3,(H2,8,12). The quantitative estimate of drug-likeness (QED) is 0.650. The Morgan fingerprint density at radius 1 is 1.92 bits per heavy atom. The fourth-order valence-corrected chi connectivity index (χ4v) is 1.09. The molecule has 0 saturated carbocycles. The van der Waals surface area contributed by atoms with E-state index in [1.54, 1.807) is 4.90 Å². The van der Waals surface area contributed by atoms with Crippen LogP contribution in [-0.4, -0.2) is 35.7 Å². The highest BCUT2D eigenvalue weighted by Crippen LogP contribution is 2.07. The van der Waals surface area contributed by atoms with Crippen LogP contribution in [0.25, 0.3) is 0 Å². The van der Waals surface area contributed by atoms with Crippen LogP contribution in [0, 0.1) is 5.92 Å². The molecule has 0 bridgehead atoms. The maximum atomic E-state index is 11.0. The van der Waals surface area contributed by atoms with Gasteiger partial charge in [0.2, 0.25) is 0 Å². The Balaban J connectivity index is 2.40. The average Bonchev–Trinajstić information content (AvgIpc) is 2.36. The average molecular weight is 188 g/mol. The molecule has 0 aromatic carbocycles. The zero-order valence-corrected chi connectivity index (χ0v) is 7.76. The van der Waals surface area contributed by atoms with Gasteiger partial charge in [0.05, 0.1) is 11.5 Å². The van der Waals surface area contributed by atoms with Crippen LogP contribution >= 0.6 is 12.2 Å². The minimum atomic E-state index is -0.266. The van der Waals surface area contributed by atoms with E-state index in [0.29, 0.717) is 24.7 Å². The molecule has 1 atom stereocenters. The molecule has 1 rings (SSSR count). The van der Waals surface area contributed by atoms with Gasteiger partial charge in [-0.1, -0.05) is 19.1 Å². The Kier molecular flexibility index (Phi) is 2.86. The highest BCUT2D eigenvalue weighted by molar-refractivity contribution is 7.80. The molecule has 0 aliphatic carbocycles. The second kappa shape index (κ2) is 3.71. The summed E-state index contributed by atoms with van der Waals surface area (Å²) < 4.78 is 4.75. The van der Waals surface area contributed by atoms with Gasteiger partial charge in [0, 0.05) is 12.5 Å². The first-order chi connectivity index (χ1) is 5.61. The van der Waals surface area contributed by atoms with Crippen molar-refractivity contribution in [1.29, 1.82) is 0 Å². The van der Waals surface area contributed by atoms with Gasteiger partial charge < -0.3 is 15.4 Å². The van der Waals surface area contributed by atoms with E-state index in [-0.39, 0.29) is 12.0 Å². The number of carbonyl (C=O) groups is 1. The summed E-state index contributed by atoms with van der Waals surface area (Å²) in [5, 5.41) is 0. The first-order valence-corrected chi connectivity index (χ1v) is 4.23. The summed E-state index contributed by atoms with van der Waals surface area (Å²) in [4.78, 5) is 13.0. The predicted molar refractivity (Wildman–Crippen MR) is 48.9 cm³/mol. The maximum absolute atomic E-state index is 11.0. The molecular weight excluding hydrogens is 176 g/mol. The number of hydrogen-bond donors (Lipinski definition) is 1. The second-order valence-electron chi connectivity index (χ2n) is 2.86. The lowest BCUT2D eigenvalue weighted by Crippen LogP contribution is -2.34. The van der Waals surface area contributed by atoms with Crippen molar-refractivity contribution >= 4 is 23.3 Å². The van der Waals surface area contributed by atoms with Crippen molar-refractivity contribution in [1.82, 2.24) is 4.90 Å². The number of ether oxygens (including phenoxy) is 1. The summed E-state index contributed by atoms with van der Waals surface area (Å²) in [6.45, 7) is 3.58. The van der Waals surface area contributed by atoms with Crippen LogP contribution in [0.3, 0.4) is 0 Å². The van der Waals surface area contributed by atoms with Crippen molar-refractivity contribution < 1.29 is 9.53 Å². The van der Waals surface area contributed by atoms with Gasteiger partial charge in [0.15, 0.2) is 0 Å². The highest BCUT2D eigenvalue weighted by Gasteiger charge is 2.23. The molecule has 1 fully saturated rings. The molecule has 0 aromatic heterocycles. The normalized spacial score (nSPS) is 19.1. The van der Waals surface area contributed by atoms with Crippen molar-refractivity contribution in [2.45, 2.75) is 6.92 Å². The topological polar surface area (TPSA) is 55.6 Å². The summed E-state index contributed by atoms with van der Waals surface area (Å²) >= 11 is 4.79. The third-order valence-corrected chi connectivity index (χ3v) is 2.23. The number of carbonyl (C=O) groups excluding carboxylic acids is 1. The molecule has 1 aliphatic heterocycles. The SMILES string of the molecule is CC(CN1CCOC1=O)C(N)=S. The lowest BCUT2D eigenvalue weighted by molar-refractivity contribution is 0.157. The second-order valence-corrected chi connectivity index (χ2v) is 3.34. The molecular formula is C7H12N2O2S. The monoisotopic (exact) mass is 188 g/mol. The van der Waals surface area contributed by atoms with Crippen molar-refractivity contribution in [3.05, 3.63) is 0 Å². The molecule has 1 heterocycles. The van der Waals surface area contributed by atoms with E-state index in [2.05, 4.69) is 0 Å². The van der Waals surface area contributed by atoms with Gasteiger partial charge in [-0.15, -0.1) is 0 Å². The molecule has 0 aromatic rings. The van der Waals surface area contributed by atoms with Gasteiger partial charge >= 0.3 is 6.09 Å². The van der Waals surface area contributed by atoms with Crippen molar-refractivity contribution in [2.75, 3.05) is 19.7 Å². The van der Waals surface area contributed by atoms with Gasteiger partial charge in [-0.05, 0) is 0 Å². The summed E-state index contributed by atoms with van der Waals surface area (Å²) in [6.07, 6.45) is -0.266. The van der Waals surface area contributed by atoms with Crippen LogP contribution in [0.15, 0.2) is 0 Å². The van der Waals surface area contributed by atoms with E-state index in [1.165, 1.54) is 0 Å². The summed E-state index contributed by atoms with van der Waals surface area (Å²) in [6, 6.07) is 0. The highest BCUT2D eigenvalue weighted by atomic mass is 32.1. The first-order valence-electron chi connectivity index (χ1n) is 3.82. The van der Waals surface area contributed by atoms with E-state index >= 15 is 0 Å². The van der Waals surface area contributed by atoms with Crippen molar-refractivity contribution in [3.8, 4) is 0 Å². The number of rotatable bonds is 3. The van der Waals surface area contributed by atoms with E-state index < -0.39 is 0 Å². The summed E-state index contributed by atoms with van der Waals surface area (Å²) in [7, 11) is 0. The fraction of sp³-hybridized carbons (Fsp3) is 0.714. The molecule has 1 saturated heterocycles. The van der Waals surface area contributed by atoms with Crippen molar-refractivity contribution in [3.63, 3.8) is 0 Å². The molecule has 1 unspecified atom stereocenters. The number of nitrogens with two attached hydrogens (primary N) is 1. The molecule has 1 aliphatic rings. The van der Waals surface area contributed by atoms with Crippen molar-refractivity contribution in [2.24, 2.45) is 11.7 Å². The van der Waals surface area contributed by atoms with Gasteiger partial charge in [-0.25, -0.2) is 4.79 Å². The zero-order valence-electron chi connectivity index (χ0n) is 6.95. The minimum Gasteiger partial charge on any atom is -0.448 e. The Hall–Kier alpha value is -0.840. The Morgan fingerprint density at radius 2 is 2.58 bits per heavy atom. The number of amides is 1. The molecule has 5 heteroatoms. The van der Waals surface area contributed by atoms with E-state index in [0.717, 1.165) is 0 Å². The molecule has 68 valence electrons. The van der Waals surface area contributed by atoms with Crippen LogP contribution < -0.4 is 5.73 Å². The molecule has 2 N–H and O–H groups in total. The zero-order chi connectivity index (χ0) is 9.14. The van der Waals surface area contributed by atoms with Crippen LogP contribution in [0.4, 0.5) is 4.79 Å². The Labute approximate surface area is 76.7 Å². The van der Waals surface area contributed by atoms with Crippen LogP contribution in [0.5, 0.6) is 0 Å². The van der Waals surface area contributed by atoms with Gasteiger partial charge in [-0.3, -0.25) is 0 Å². The summed E-state index contributed by atoms with van der Waals surface area (Å²) in [5.74, 6) is 0.0608. The lowest BCUT2D eigenvalue weighted by atomic mass is 10.2. The van der Waals surface area contributed by atoms with Gasteiger partial charge in [0.1, 0.15) is 6.61 Å². The third kappa shape index (κ3) is 2.07. The predicted octanol–water partition coefficient (Wildman–Crippen LogP) is 0.361.